The van der Waals surface area contributed by atoms with Crippen molar-refractivity contribution in [1.82, 2.24) is 5.32 Å². The van der Waals surface area contributed by atoms with Crippen LogP contribution >= 0.6 is 11.6 Å². The van der Waals surface area contributed by atoms with Gasteiger partial charge in [0.2, 0.25) is 5.91 Å². The van der Waals surface area contributed by atoms with Gasteiger partial charge in [-0.15, -0.1) is 0 Å². The molecule has 17 heavy (non-hydrogen) atoms. The second-order valence-electron chi connectivity index (χ2n) is 3.60. The van der Waals surface area contributed by atoms with E-state index in [-0.39, 0.29) is 18.2 Å². The molecule has 0 bridgehead atoms. The molecule has 0 saturated heterocycles. The molecule has 0 atom stereocenters. The van der Waals surface area contributed by atoms with Crippen LogP contribution in [0.15, 0.2) is 18.2 Å². The second-order valence-corrected chi connectivity index (χ2v) is 4.04. The summed E-state index contributed by atoms with van der Waals surface area (Å²) in [7, 11) is 0. The van der Waals surface area contributed by atoms with Gasteiger partial charge in [0.05, 0.1) is 0 Å². The molecule has 0 heterocycles. The van der Waals surface area contributed by atoms with Gasteiger partial charge in [0, 0.05) is 29.2 Å². The van der Waals surface area contributed by atoms with E-state index in [2.05, 4.69) is 5.32 Å². The number of carbonyl (C=O) groups excluding carboxylic acids is 2. The number of primary amides is 1. The minimum absolute atomic E-state index is 0.248. The minimum atomic E-state index is -0.383. The van der Waals surface area contributed by atoms with E-state index in [1.54, 1.807) is 6.07 Å². The third-order valence-corrected chi connectivity index (χ3v) is 2.29. The smallest absolute Gasteiger partial charge is 0.251 e. The first-order valence-corrected chi connectivity index (χ1v) is 5.49. The lowest BCUT2D eigenvalue weighted by Gasteiger charge is -2.05. The number of nitrogens with two attached hydrogens (primary N) is 2. The number of anilines is 1. The van der Waals surface area contributed by atoms with Crippen molar-refractivity contribution in [3.05, 3.63) is 28.8 Å². The Morgan fingerprint density at radius 2 is 2.00 bits per heavy atom. The maximum atomic E-state index is 11.7. The zero-order valence-corrected chi connectivity index (χ0v) is 9.96. The summed E-state index contributed by atoms with van der Waals surface area (Å²) in [4.78, 5) is 22.1. The van der Waals surface area contributed by atoms with Gasteiger partial charge < -0.3 is 16.8 Å². The van der Waals surface area contributed by atoms with Crippen molar-refractivity contribution in [2.75, 3.05) is 12.3 Å². The molecule has 6 heteroatoms. The number of hydrogen-bond acceptors (Lipinski definition) is 3. The summed E-state index contributed by atoms with van der Waals surface area (Å²) >= 11 is 5.78. The number of benzene rings is 1. The van der Waals surface area contributed by atoms with Crippen molar-refractivity contribution >= 4 is 29.1 Å². The Morgan fingerprint density at radius 1 is 1.29 bits per heavy atom. The number of nitrogens with one attached hydrogen (secondary N) is 1. The van der Waals surface area contributed by atoms with Crippen LogP contribution < -0.4 is 16.8 Å². The fourth-order valence-electron chi connectivity index (χ4n) is 1.31. The Labute approximate surface area is 104 Å². The highest BCUT2D eigenvalue weighted by Gasteiger charge is 2.06. The Bertz CT molecular complexity index is 414. The van der Waals surface area contributed by atoms with Gasteiger partial charge in [-0.2, -0.15) is 0 Å². The second kappa shape index (κ2) is 6.10. The molecule has 1 aromatic carbocycles. The summed E-state index contributed by atoms with van der Waals surface area (Å²) in [5, 5.41) is 3.06. The zero-order valence-electron chi connectivity index (χ0n) is 9.20. The molecule has 0 aliphatic heterocycles. The molecule has 0 aromatic heterocycles. The first-order chi connectivity index (χ1) is 7.99. The van der Waals surface area contributed by atoms with Crippen molar-refractivity contribution in [1.29, 1.82) is 0 Å². The number of carbonyl (C=O) groups is 2. The molecule has 0 radical (unpaired) electrons. The van der Waals surface area contributed by atoms with Gasteiger partial charge in [0.25, 0.3) is 5.91 Å². The first-order valence-electron chi connectivity index (χ1n) is 5.11. The lowest BCUT2D eigenvalue weighted by atomic mass is 10.2. The zero-order chi connectivity index (χ0) is 12.8. The molecular formula is C11H14ClN3O2. The van der Waals surface area contributed by atoms with E-state index in [4.69, 9.17) is 23.1 Å². The Kier molecular flexibility index (Phi) is 4.78. The van der Waals surface area contributed by atoms with E-state index in [1.165, 1.54) is 12.1 Å². The maximum Gasteiger partial charge on any atom is 0.251 e. The first kappa shape index (κ1) is 13.3. The molecule has 0 fully saturated rings. The van der Waals surface area contributed by atoms with Gasteiger partial charge in [0.15, 0.2) is 0 Å². The third kappa shape index (κ3) is 4.74. The van der Waals surface area contributed by atoms with Crippen LogP contribution in [0.4, 0.5) is 5.69 Å². The Balaban J connectivity index is 2.49. The molecule has 5 N–H and O–H groups in total. The number of rotatable bonds is 5. The van der Waals surface area contributed by atoms with E-state index < -0.39 is 0 Å². The van der Waals surface area contributed by atoms with E-state index in [1.807, 2.05) is 0 Å². The highest BCUT2D eigenvalue weighted by atomic mass is 35.5. The molecule has 1 rings (SSSR count). The monoisotopic (exact) mass is 255 g/mol. The van der Waals surface area contributed by atoms with Crippen LogP contribution in [0.3, 0.4) is 0 Å². The van der Waals surface area contributed by atoms with Crippen molar-refractivity contribution in [3.63, 3.8) is 0 Å². The fourth-order valence-corrected chi connectivity index (χ4v) is 1.55. The quantitative estimate of drug-likeness (QED) is 0.539. The largest absolute Gasteiger partial charge is 0.399 e. The van der Waals surface area contributed by atoms with Crippen LogP contribution in [-0.2, 0) is 4.79 Å². The van der Waals surface area contributed by atoms with Crippen LogP contribution in [0.25, 0.3) is 0 Å². The van der Waals surface area contributed by atoms with Crippen LogP contribution in [0, 0.1) is 0 Å². The third-order valence-electron chi connectivity index (χ3n) is 2.07. The van der Waals surface area contributed by atoms with Crippen molar-refractivity contribution in [2.24, 2.45) is 5.73 Å². The standard InChI is InChI=1S/C11H14ClN3O2/c12-8-4-7(5-9(13)6-8)11(17)15-3-1-2-10(14)16/h4-6H,1-3,13H2,(H2,14,16)(H,15,17). The van der Waals surface area contributed by atoms with Crippen molar-refractivity contribution in [2.45, 2.75) is 12.8 Å². The fraction of sp³-hybridized carbons (Fsp3) is 0.273. The van der Waals surface area contributed by atoms with Crippen LogP contribution in [0.1, 0.15) is 23.2 Å². The average Bonchev–Trinajstić information content (AvgIpc) is 2.22. The van der Waals surface area contributed by atoms with Crippen molar-refractivity contribution in [3.8, 4) is 0 Å². The Morgan fingerprint density at radius 3 is 2.59 bits per heavy atom. The molecular weight excluding hydrogens is 242 g/mol. The lowest BCUT2D eigenvalue weighted by molar-refractivity contribution is -0.118. The van der Waals surface area contributed by atoms with Crippen LogP contribution in [0.5, 0.6) is 0 Å². The molecule has 92 valence electrons. The van der Waals surface area contributed by atoms with E-state index in [9.17, 15) is 9.59 Å². The Hall–Kier alpha value is -1.75. The number of hydrogen-bond donors (Lipinski definition) is 3. The van der Waals surface area contributed by atoms with E-state index in [0.717, 1.165) is 0 Å². The van der Waals surface area contributed by atoms with Crippen molar-refractivity contribution < 1.29 is 9.59 Å². The van der Waals surface area contributed by atoms with Gasteiger partial charge in [-0.25, -0.2) is 0 Å². The predicted molar refractivity (Wildman–Crippen MR) is 66.6 cm³/mol. The average molecular weight is 256 g/mol. The van der Waals surface area contributed by atoms with Gasteiger partial charge in [-0.1, -0.05) is 11.6 Å². The molecule has 5 nitrogen and oxygen atoms in total. The molecule has 1 aromatic rings. The predicted octanol–water partition coefficient (Wildman–Crippen LogP) is 0.917. The minimum Gasteiger partial charge on any atom is -0.399 e. The summed E-state index contributed by atoms with van der Waals surface area (Å²) in [6.07, 6.45) is 0.759. The summed E-state index contributed by atoms with van der Waals surface area (Å²) in [6, 6.07) is 4.63. The summed E-state index contributed by atoms with van der Waals surface area (Å²) in [5.74, 6) is -0.657. The molecule has 0 saturated carbocycles. The highest BCUT2D eigenvalue weighted by Crippen LogP contribution is 2.16. The molecule has 2 amide bonds. The molecule has 0 spiro atoms. The van der Waals surface area contributed by atoms with Crippen LogP contribution in [-0.4, -0.2) is 18.4 Å². The van der Waals surface area contributed by atoms with Gasteiger partial charge >= 0.3 is 0 Å². The normalized spacial score (nSPS) is 9.94. The van der Waals surface area contributed by atoms with Gasteiger partial charge in [0.1, 0.15) is 0 Å². The van der Waals surface area contributed by atoms with E-state index >= 15 is 0 Å². The van der Waals surface area contributed by atoms with Crippen LogP contribution in [0.2, 0.25) is 5.02 Å². The van der Waals surface area contributed by atoms with E-state index in [0.29, 0.717) is 29.2 Å². The highest BCUT2D eigenvalue weighted by molar-refractivity contribution is 6.31. The summed E-state index contributed by atoms with van der Waals surface area (Å²) < 4.78 is 0. The van der Waals surface area contributed by atoms with Gasteiger partial charge in [-0.05, 0) is 24.6 Å². The summed E-state index contributed by atoms with van der Waals surface area (Å²) in [5.41, 5.74) is 11.4. The lowest BCUT2D eigenvalue weighted by Crippen LogP contribution is -2.25. The SMILES string of the molecule is NC(=O)CCCNC(=O)c1cc(N)cc(Cl)c1. The molecule has 0 unspecified atom stereocenters. The topological polar surface area (TPSA) is 98.2 Å². The number of nitrogen functional groups attached to an aromatic ring is 1. The number of amides is 2. The van der Waals surface area contributed by atoms with Gasteiger partial charge in [-0.3, -0.25) is 9.59 Å². The summed E-state index contributed by atoms with van der Waals surface area (Å²) in [6.45, 7) is 0.383. The molecule has 0 aliphatic carbocycles. The number of halogens is 1. The maximum absolute atomic E-state index is 11.7. The molecule has 0 aliphatic rings.